The molecule has 0 saturated heterocycles. The van der Waals surface area contributed by atoms with Gasteiger partial charge < -0.3 is 4.42 Å². The lowest BCUT2D eigenvalue weighted by Gasteiger charge is -2.11. The van der Waals surface area contributed by atoms with E-state index >= 15 is 0 Å². The molecule has 0 bridgehead atoms. The van der Waals surface area contributed by atoms with Gasteiger partial charge in [-0.25, -0.2) is 4.57 Å². The molecule has 0 aliphatic carbocycles. The maximum absolute atomic E-state index is 10.1. The van der Waals surface area contributed by atoms with E-state index < -0.39 is 13.0 Å². The van der Waals surface area contributed by atoms with Crippen molar-refractivity contribution in [1.29, 1.82) is 5.26 Å². The normalized spacial score (nSPS) is 18.4. The van der Waals surface area contributed by atoms with Gasteiger partial charge in [0.2, 0.25) is 5.69 Å². The molecule has 4 heteroatoms. The van der Waals surface area contributed by atoms with Crippen LogP contribution in [0.4, 0.5) is 0 Å². The molecule has 0 spiro atoms. The van der Waals surface area contributed by atoms with Crippen LogP contribution < -0.4 is 4.57 Å². The van der Waals surface area contributed by atoms with Crippen molar-refractivity contribution in [2.45, 2.75) is 19.9 Å². The summed E-state index contributed by atoms with van der Waals surface area (Å²) in [5, 5.41) is 11.8. The fourth-order valence-electron chi connectivity index (χ4n) is 4.81. The predicted octanol–water partition coefficient (Wildman–Crippen LogP) is 5.87. The Kier molecular flexibility index (Phi) is 3.49. The molecule has 1 aliphatic rings. The van der Waals surface area contributed by atoms with Gasteiger partial charge in [0.25, 0.3) is 0 Å². The van der Waals surface area contributed by atoms with Gasteiger partial charge in [0.15, 0.2) is 6.20 Å². The maximum atomic E-state index is 10.1. The number of hydrogen-bond acceptors (Lipinski definition) is 3. The molecule has 0 radical (unpaired) electrons. The second kappa shape index (κ2) is 7.30. The first-order valence-electron chi connectivity index (χ1n) is 12.8. The van der Waals surface area contributed by atoms with Crippen LogP contribution >= 0.6 is 0 Å². The number of aryl methyl sites for hydroxylation is 2. The Labute approximate surface area is 198 Å². The number of rotatable bonds is 2. The van der Waals surface area contributed by atoms with E-state index in [2.05, 4.69) is 12.1 Å². The topological polar surface area (TPSA) is 44.1 Å². The standard InChI is InChI=1S/C29H24N3O/c1-18-10-12-22-23-13-11-19(15-30)27(21-8-6-7-20-16-31(2)17-24(20)21)29(23)33-28(22)26(18)25-9-4-5-14-32(25)3/h4-14H,16-17H2,1-3H3/q+1/i16D2,17D2. The SMILES string of the molecule is [2H]C1([2H])c2cccc(-c3c(C#N)ccc4c3oc3c(-c5cccc[n+]5C)c(C)ccc34)c2C([2H])([2H])N1C. The van der Waals surface area contributed by atoms with Crippen molar-refractivity contribution in [2.75, 3.05) is 7.05 Å². The smallest absolute Gasteiger partial charge is 0.216 e. The van der Waals surface area contributed by atoms with Crippen molar-refractivity contribution in [1.82, 2.24) is 4.90 Å². The van der Waals surface area contributed by atoms with E-state index in [9.17, 15) is 5.26 Å². The summed E-state index contributed by atoms with van der Waals surface area (Å²) in [4.78, 5) is 1.09. The highest BCUT2D eigenvalue weighted by molar-refractivity contribution is 6.14. The molecule has 0 fully saturated rings. The van der Waals surface area contributed by atoms with Gasteiger partial charge in [-0.2, -0.15) is 5.26 Å². The minimum atomic E-state index is -2.09. The molecule has 0 N–H and O–H groups in total. The zero-order valence-electron chi connectivity index (χ0n) is 22.6. The number of benzene rings is 3. The quantitative estimate of drug-likeness (QED) is 0.326. The molecule has 0 atom stereocenters. The molecule has 1 aliphatic heterocycles. The van der Waals surface area contributed by atoms with Gasteiger partial charge in [0.05, 0.1) is 17.2 Å². The van der Waals surface area contributed by atoms with Crippen molar-refractivity contribution in [3.8, 4) is 28.5 Å². The summed E-state index contributed by atoms with van der Waals surface area (Å²) in [5.74, 6) is 0. The largest absolute Gasteiger partial charge is 0.454 e. The first-order chi connectivity index (χ1) is 17.6. The molecule has 6 rings (SSSR count). The van der Waals surface area contributed by atoms with Gasteiger partial charge >= 0.3 is 0 Å². The van der Waals surface area contributed by atoms with E-state index in [1.54, 1.807) is 24.3 Å². The average Bonchev–Trinajstić information content (AvgIpc) is 3.31. The molecule has 0 saturated carbocycles. The molecule has 0 unspecified atom stereocenters. The molecule has 3 aromatic carbocycles. The summed E-state index contributed by atoms with van der Waals surface area (Å²) in [5.41, 5.74) is 5.90. The summed E-state index contributed by atoms with van der Waals surface area (Å²) in [7, 11) is 3.42. The molecule has 33 heavy (non-hydrogen) atoms. The van der Waals surface area contributed by atoms with Gasteiger partial charge in [-0.3, -0.25) is 4.90 Å². The number of nitrogens with zero attached hydrogens (tertiary/aromatic N) is 3. The Hall–Kier alpha value is -3.94. The molecule has 0 amide bonds. The fourth-order valence-corrected chi connectivity index (χ4v) is 4.81. The van der Waals surface area contributed by atoms with Crippen molar-refractivity contribution in [2.24, 2.45) is 7.05 Å². The monoisotopic (exact) mass is 434 g/mol. The van der Waals surface area contributed by atoms with Gasteiger partial charge in [-0.15, -0.1) is 0 Å². The fraction of sp³-hybridized carbons (Fsp3) is 0.172. The number of aromatic nitrogens is 1. The summed E-state index contributed by atoms with van der Waals surface area (Å²) in [6.07, 6.45) is 1.98. The van der Waals surface area contributed by atoms with Crippen LogP contribution in [0.25, 0.3) is 44.3 Å². The molecule has 3 heterocycles. The van der Waals surface area contributed by atoms with Crippen LogP contribution in [0.3, 0.4) is 0 Å². The number of furan rings is 1. The van der Waals surface area contributed by atoms with Crippen LogP contribution in [-0.4, -0.2) is 11.9 Å². The van der Waals surface area contributed by atoms with Crippen molar-refractivity contribution >= 4 is 21.9 Å². The number of fused-ring (bicyclic) bond motifs is 4. The van der Waals surface area contributed by atoms with Crippen molar-refractivity contribution in [3.05, 3.63) is 89.1 Å². The summed E-state index contributed by atoms with van der Waals surface area (Å²) in [6.45, 7) is -2.06. The highest BCUT2D eigenvalue weighted by Gasteiger charge is 2.26. The Balaban J connectivity index is 1.75. The third kappa shape index (κ3) is 2.90. The highest BCUT2D eigenvalue weighted by atomic mass is 16.3. The van der Waals surface area contributed by atoms with E-state index in [1.165, 1.54) is 7.05 Å². The minimum absolute atomic E-state index is 0.220. The Morgan fingerprint density at radius 2 is 1.76 bits per heavy atom. The van der Waals surface area contributed by atoms with Gasteiger partial charge in [-0.1, -0.05) is 30.3 Å². The molecular formula is C29H24N3O+. The van der Waals surface area contributed by atoms with Crippen LogP contribution in [0.5, 0.6) is 0 Å². The van der Waals surface area contributed by atoms with Gasteiger partial charge in [0, 0.05) is 46.9 Å². The molecular weight excluding hydrogens is 406 g/mol. The molecule has 5 aromatic rings. The van der Waals surface area contributed by atoms with E-state index in [0.717, 1.165) is 32.5 Å². The summed E-state index contributed by atoms with van der Waals surface area (Å²) >= 11 is 0. The van der Waals surface area contributed by atoms with Crippen molar-refractivity contribution in [3.63, 3.8) is 0 Å². The first kappa shape index (κ1) is 15.8. The second-order valence-corrected chi connectivity index (χ2v) is 8.42. The lowest BCUT2D eigenvalue weighted by atomic mass is 9.92. The summed E-state index contributed by atoms with van der Waals surface area (Å²) in [6, 6.07) is 21.0. The lowest BCUT2D eigenvalue weighted by molar-refractivity contribution is -0.660. The second-order valence-electron chi connectivity index (χ2n) is 8.42. The molecule has 4 nitrogen and oxygen atoms in total. The third-order valence-electron chi connectivity index (χ3n) is 6.35. The van der Waals surface area contributed by atoms with Crippen molar-refractivity contribution < 1.29 is 14.5 Å². The van der Waals surface area contributed by atoms with Gasteiger partial charge in [-0.05, 0) is 54.4 Å². The highest BCUT2D eigenvalue weighted by Crippen LogP contribution is 2.43. The minimum Gasteiger partial charge on any atom is -0.454 e. The summed E-state index contributed by atoms with van der Waals surface area (Å²) < 4.78 is 43.4. The Morgan fingerprint density at radius 3 is 2.55 bits per heavy atom. The van der Waals surface area contributed by atoms with Crippen LogP contribution in [0.1, 0.15) is 27.7 Å². The van der Waals surface area contributed by atoms with Crippen LogP contribution in [-0.2, 0) is 20.0 Å². The van der Waals surface area contributed by atoms with Crippen LogP contribution in [0.15, 0.2) is 71.3 Å². The molecule has 160 valence electrons. The van der Waals surface area contributed by atoms with E-state index in [0.29, 0.717) is 27.9 Å². The Bertz CT molecular complexity index is 1800. The van der Waals surface area contributed by atoms with Gasteiger partial charge in [0.1, 0.15) is 18.2 Å². The van der Waals surface area contributed by atoms with Crippen LogP contribution in [0.2, 0.25) is 0 Å². The maximum Gasteiger partial charge on any atom is 0.216 e. The molecule has 2 aromatic heterocycles. The van der Waals surface area contributed by atoms with E-state index in [4.69, 9.17) is 9.90 Å². The zero-order chi connectivity index (χ0) is 26.3. The zero-order valence-corrected chi connectivity index (χ0v) is 18.6. The predicted molar refractivity (Wildman–Crippen MR) is 130 cm³/mol. The number of hydrogen-bond donors (Lipinski definition) is 0. The number of pyridine rings is 1. The Morgan fingerprint density at radius 1 is 0.970 bits per heavy atom. The average molecular weight is 435 g/mol. The first-order valence-corrected chi connectivity index (χ1v) is 10.8. The van der Waals surface area contributed by atoms with E-state index in [-0.39, 0.29) is 11.1 Å². The number of nitriles is 1. The van der Waals surface area contributed by atoms with Crippen LogP contribution in [0, 0.1) is 18.3 Å². The lowest BCUT2D eigenvalue weighted by Crippen LogP contribution is -2.30. The third-order valence-corrected chi connectivity index (χ3v) is 6.35. The van der Waals surface area contributed by atoms with E-state index in [1.807, 2.05) is 55.1 Å².